The Hall–Kier alpha value is -1.60. The van der Waals surface area contributed by atoms with Gasteiger partial charge in [0.15, 0.2) is 0 Å². The zero-order chi connectivity index (χ0) is 16.6. The van der Waals surface area contributed by atoms with Crippen molar-refractivity contribution in [2.24, 2.45) is 0 Å². The topological polar surface area (TPSA) is 63.5 Å². The third kappa shape index (κ3) is 3.35. The van der Waals surface area contributed by atoms with Crippen molar-refractivity contribution in [2.45, 2.75) is 18.4 Å². The molecule has 120 valence electrons. The van der Waals surface area contributed by atoms with E-state index in [0.717, 1.165) is 5.52 Å². The summed E-state index contributed by atoms with van der Waals surface area (Å²) in [6.07, 6.45) is 1.80. The molecule has 1 aromatic carbocycles. The maximum atomic E-state index is 12.4. The van der Waals surface area contributed by atoms with Crippen molar-refractivity contribution >= 4 is 38.7 Å². The Morgan fingerprint density at radius 2 is 1.96 bits per heavy atom. The summed E-state index contributed by atoms with van der Waals surface area (Å²) < 4.78 is 29.1. The molecule has 0 radical (unpaired) electrons. The number of halogens is 2. The Balaban J connectivity index is 1.85. The summed E-state index contributed by atoms with van der Waals surface area (Å²) in [6.45, 7) is 1.79. The van der Waals surface area contributed by atoms with E-state index < -0.39 is 10.0 Å². The molecule has 5 nitrogen and oxygen atoms in total. The van der Waals surface area contributed by atoms with Crippen LogP contribution in [0, 0.1) is 6.92 Å². The van der Waals surface area contributed by atoms with E-state index in [-0.39, 0.29) is 16.5 Å². The molecule has 0 unspecified atom stereocenters. The Kier molecular flexibility index (Phi) is 4.33. The Morgan fingerprint density at radius 3 is 2.70 bits per heavy atom. The van der Waals surface area contributed by atoms with Crippen molar-refractivity contribution in [3.8, 4) is 0 Å². The summed E-state index contributed by atoms with van der Waals surface area (Å²) in [5, 5.41) is 4.81. The Labute approximate surface area is 143 Å². The first-order valence-corrected chi connectivity index (χ1v) is 8.99. The summed E-state index contributed by atoms with van der Waals surface area (Å²) in [5.41, 5.74) is 2.15. The van der Waals surface area contributed by atoms with E-state index in [1.807, 2.05) is 24.3 Å². The van der Waals surface area contributed by atoms with Crippen molar-refractivity contribution in [1.29, 1.82) is 0 Å². The lowest BCUT2D eigenvalue weighted by Gasteiger charge is -2.09. The van der Waals surface area contributed by atoms with Crippen LogP contribution in [0.4, 0.5) is 0 Å². The number of aryl methyl sites for hydroxylation is 1. The Morgan fingerprint density at radius 1 is 1.17 bits per heavy atom. The first-order chi connectivity index (χ1) is 10.9. The van der Waals surface area contributed by atoms with Crippen LogP contribution in [0.2, 0.25) is 10.0 Å². The summed E-state index contributed by atoms with van der Waals surface area (Å²) in [4.78, 5) is 0.00447. The minimum Gasteiger partial charge on any atom is -0.241 e. The molecule has 3 aromatic rings. The van der Waals surface area contributed by atoms with E-state index >= 15 is 0 Å². The van der Waals surface area contributed by atoms with E-state index in [4.69, 9.17) is 23.2 Å². The highest BCUT2D eigenvalue weighted by molar-refractivity contribution is 7.89. The molecule has 0 spiro atoms. The Bertz CT molecular complexity index is 951. The lowest BCUT2D eigenvalue weighted by Crippen LogP contribution is -2.24. The van der Waals surface area contributed by atoms with E-state index in [1.54, 1.807) is 17.6 Å². The predicted molar refractivity (Wildman–Crippen MR) is 90.4 cm³/mol. The number of rotatable bonds is 4. The summed E-state index contributed by atoms with van der Waals surface area (Å²) in [7, 11) is -3.76. The molecular formula is C15H13Cl2N3O2S. The summed E-state index contributed by atoms with van der Waals surface area (Å²) in [5.74, 6) is 0. The van der Waals surface area contributed by atoms with Gasteiger partial charge in [0, 0.05) is 11.2 Å². The number of hydrogen-bond acceptors (Lipinski definition) is 3. The highest BCUT2D eigenvalue weighted by atomic mass is 35.5. The lowest BCUT2D eigenvalue weighted by atomic mass is 10.2. The second-order valence-corrected chi connectivity index (χ2v) is 7.61. The van der Waals surface area contributed by atoms with Crippen LogP contribution < -0.4 is 4.72 Å². The van der Waals surface area contributed by atoms with E-state index in [1.165, 1.54) is 12.1 Å². The van der Waals surface area contributed by atoms with Gasteiger partial charge in [-0.2, -0.15) is 5.10 Å². The number of hydrogen-bond donors (Lipinski definition) is 1. The molecule has 1 N–H and O–H groups in total. The fraction of sp³-hybridized carbons (Fsp3) is 0.133. The van der Waals surface area contributed by atoms with Gasteiger partial charge in [0.05, 0.1) is 22.8 Å². The third-order valence-corrected chi connectivity index (χ3v) is 5.64. The molecule has 8 heteroatoms. The monoisotopic (exact) mass is 369 g/mol. The van der Waals surface area contributed by atoms with Crippen molar-refractivity contribution in [1.82, 2.24) is 14.3 Å². The molecule has 2 aromatic heterocycles. The fourth-order valence-corrected chi connectivity index (χ4v) is 3.99. The standard InChI is InChI=1S/C15H13Cl2N3O2S/c1-10-6-15(14(17)8-13(10)16)23(21,22)18-9-11-7-12-4-2-3-5-20(12)19-11/h2-8,18H,9H2,1H3. The minimum absolute atomic E-state index is 0.00447. The van der Waals surface area contributed by atoms with Crippen LogP contribution in [0.15, 0.2) is 47.5 Å². The zero-order valence-corrected chi connectivity index (χ0v) is 14.5. The number of aromatic nitrogens is 2. The largest absolute Gasteiger partial charge is 0.242 e. The first kappa shape index (κ1) is 16.3. The van der Waals surface area contributed by atoms with Crippen molar-refractivity contribution < 1.29 is 8.42 Å². The van der Waals surface area contributed by atoms with Crippen molar-refractivity contribution in [2.75, 3.05) is 0 Å². The molecule has 3 rings (SSSR count). The highest BCUT2D eigenvalue weighted by Crippen LogP contribution is 2.28. The number of pyridine rings is 1. The molecule has 0 saturated carbocycles. The number of fused-ring (bicyclic) bond motifs is 1. The molecule has 0 saturated heterocycles. The number of nitrogens with zero attached hydrogens (tertiary/aromatic N) is 2. The molecule has 0 bridgehead atoms. The maximum absolute atomic E-state index is 12.4. The van der Waals surface area contributed by atoms with Crippen molar-refractivity contribution in [3.63, 3.8) is 0 Å². The number of benzene rings is 1. The maximum Gasteiger partial charge on any atom is 0.242 e. The van der Waals surface area contributed by atoms with Crippen LogP contribution in [0.1, 0.15) is 11.3 Å². The summed E-state index contributed by atoms with van der Waals surface area (Å²) in [6, 6.07) is 10.3. The fourth-order valence-electron chi connectivity index (χ4n) is 2.16. The van der Waals surface area contributed by atoms with Crippen LogP contribution in [-0.2, 0) is 16.6 Å². The molecule has 23 heavy (non-hydrogen) atoms. The molecule has 0 aliphatic rings. The van der Waals surface area contributed by atoms with Crippen LogP contribution >= 0.6 is 23.2 Å². The van der Waals surface area contributed by atoms with Crippen LogP contribution in [0.3, 0.4) is 0 Å². The van der Waals surface area contributed by atoms with Crippen LogP contribution in [-0.4, -0.2) is 18.0 Å². The van der Waals surface area contributed by atoms with Crippen molar-refractivity contribution in [3.05, 3.63) is 63.9 Å². The SMILES string of the molecule is Cc1cc(S(=O)(=O)NCc2cc3ccccn3n2)c(Cl)cc1Cl. The van der Waals surface area contributed by atoms with Crippen LogP contribution in [0.5, 0.6) is 0 Å². The van der Waals surface area contributed by atoms with Crippen LogP contribution in [0.25, 0.3) is 5.52 Å². The first-order valence-electron chi connectivity index (χ1n) is 6.75. The van der Waals surface area contributed by atoms with Gasteiger partial charge in [0.1, 0.15) is 4.90 Å². The van der Waals surface area contributed by atoms with E-state index in [0.29, 0.717) is 16.3 Å². The quantitative estimate of drug-likeness (QED) is 0.765. The molecular weight excluding hydrogens is 357 g/mol. The van der Waals surface area contributed by atoms with Gasteiger partial charge < -0.3 is 0 Å². The smallest absolute Gasteiger partial charge is 0.241 e. The van der Waals surface area contributed by atoms with E-state index in [9.17, 15) is 8.42 Å². The third-order valence-electron chi connectivity index (χ3n) is 3.37. The lowest BCUT2D eigenvalue weighted by molar-refractivity contribution is 0.580. The second kappa shape index (κ2) is 6.13. The minimum atomic E-state index is -3.76. The normalized spacial score (nSPS) is 12.0. The molecule has 2 heterocycles. The van der Waals surface area contributed by atoms with Gasteiger partial charge in [-0.3, -0.25) is 0 Å². The number of sulfonamides is 1. The molecule has 0 aliphatic heterocycles. The van der Waals surface area contributed by atoms with Gasteiger partial charge in [-0.25, -0.2) is 17.7 Å². The zero-order valence-electron chi connectivity index (χ0n) is 12.1. The average Bonchev–Trinajstić information content (AvgIpc) is 2.92. The molecule has 0 atom stereocenters. The second-order valence-electron chi connectivity index (χ2n) is 5.06. The van der Waals surface area contributed by atoms with Gasteiger partial charge in [-0.05, 0) is 42.8 Å². The van der Waals surface area contributed by atoms with Gasteiger partial charge in [-0.15, -0.1) is 0 Å². The van der Waals surface area contributed by atoms with Gasteiger partial charge in [0.25, 0.3) is 0 Å². The molecule has 0 amide bonds. The molecule has 0 aliphatic carbocycles. The molecule has 0 fully saturated rings. The van der Waals surface area contributed by atoms with Gasteiger partial charge >= 0.3 is 0 Å². The summed E-state index contributed by atoms with van der Waals surface area (Å²) >= 11 is 12.0. The van der Waals surface area contributed by atoms with Gasteiger partial charge in [-0.1, -0.05) is 29.3 Å². The predicted octanol–water partition coefficient (Wildman–Crippen LogP) is 3.43. The van der Waals surface area contributed by atoms with E-state index in [2.05, 4.69) is 9.82 Å². The number of nitrogens with one attached hydrogen (secondary N) is 1. The highest BCUT2D eigenvalue weighted by Gasteiger charge is 2.19. The van der Waals surface area contributed by atoms with Gasteiger partial charge in [0.2, 0.25) is 10.0 Å². The average molecular weight is 370 g/mol.